The minimum absolute atomic E-state index is 0.553. The average molecular weight is 416 g/mol. The van der Waals surface area contributed by atoms with Gasteiger partial charge >= 0.3 is 0 Å². The standard InChI is InChI=1S/C20H26ClN7O/c1-13-9-18(29-2)15(21)10-14(13)16-11-28-12-17(24-4-3-22)19(26-20(28)25-16)27-7-5-23-6-8-27/h9-12,23-24H,3-8,22H2,1-2H3. The first-order chi connectivity index (χ1) is 14.1. The van der Waals surface area contributed by atoms with Crippen molar-refractivity contribution in [1.82, 2.24) is 19.7 Å². The number of anilines is 2. The minimum Gasteiger partial charge on any atom is -0.495 e. The van der Waals surface area contributed by atoms with Crippen molar-refractivity contribution in [2.45, 2.75) is 6.92 Å². The molecular formula is C20H26ClN7O. The molecule has 1 aliphatic rings. The van der Waals surface area contributed by atoms with E-state index in [2.05, 4.69) is 15.5 Å². The van der Waals surface area contributed by atoms with Gasteiger partial charge in [0.15, 0.2) is 5.82 Å². The number of ether oxygens (including phenoxy) is 1. The fraction of sp³-hybridized carbons (Fsp3) is 0.400. The summed E-state index contributed by atoms with van der Waals surface area (Å²) in [6.07, 6.45) is 4.01. The topological polar surface area (TPSA) is 92.7 Å². The number of fused-ring (bicyclic) bond motifs is 1. The number of benzene rings is 1. The van der Waals surface area contributed by atoms with E-state index in [1.165, 1.54) is 0 Å². The average Bonchev–Trinajstić information content (AvgIpc) is 3.16. The van der Waals surface area contributed by atoms with Crippen LogP contribution in [0.3, 0.4) is 0 Å². The third-order valence-corrected chi connectivity index (χ3v) is 5.37. The third-order valence-electron chi connectivity index (χ3n) is 5.08. The van der Waals surface area contributed by atoms with E-state index in [-0.39, 0.29) is 0 Å². The van der Waals surface area contributed by atoms with Crippen LogP contribution in [0.2, 0.25) is 5.02 Å². The Morgan fingerprint density at radius 1 is 1.24 bits per heavy atom. The zero-order valence-electron chi connectivity index (χ0n) is 16.7. The number of nitrogens with zero attached hydrogens (tertiary/aromatic N) is 4. The molecular weight excluding hydrogens is 390 g/mol. The van der Waals surface area contributed by atoms with Crippen LogP contribution < -0.4 is 26.0 Å². The van der Waals surface area contributed by atoms with Crippen LogP contribution in [-0.4, -0.2) is 60.7 Å². The third kappa shape index (κ3) is 3.96. The molecule has 0 atom stereocenters. The lowest BCUT2D eigenvalue weighted by Crippen LogP contribution is -2.44. The second-order valence-electron chi connectivity index (χ2n) is 7.07. The first-order valence-corrected chi connectivity index (χ1v) is 10.1. The molecule has 9 heteroatoms. The number of piperazine rings is 1. The van der Waals surface area contributed by atoms with E-state index >= 15 is 0 Å². The zero-order chi connectivity index (χ0) is 20.4. The molecule has 1 saturated heterocycles. The van der Waals surface area contributed by atoms with Gasteiger partial charge in [0.1, 0.15) is 5.75 Å². The minimum atomic E-state index is 0.553. The van der Waals surface area contributed by atoms with Gasteiger partial charge in [-0.3, -0.25) is 4.40 Å². The van der Waals surface area contributed by atoms with Gasteiger partial charge in [0, 0.05) is 57.2 Å². The van der Waals surface area contributed by atoms with Gasteiger partial charge in [-0.15, -0.1) is 0 Å². The summed E-state index contributed by atoms with van der Waals surface area (Å²) in [6, 6.07) is 3.82. The summed E-state index contributed by atoms with van der Waals surface area (Å²) < 4.78 is 7.25. The predicted octanol–water partition coefficient (Wildman–Crippen LogP) is 2.15. The highest BCUT2D eigenvalue weighted by atomic mass is 35.5. The van der Waals surface area contributed by atoms with E-state index in [9.17, 15) is 0 Å². The maximum absolute atomic E-state index is 6.35. The van der Waals surface area contributed by atoms with E-state index in [0.29, 0.717) is 29.6 Å². The highest BCUT2D eigenvalue weighted by Crippen LogP contribution is 2.34. The Labute approximate surface area is 175 Å². The van der Waals surface area contributed by atoms with Gasteiger partial charge in [0.05, 0.1) is 23.5 Å². The smallest absolute Gasteiger partial charge is 0.236 e. The molecule has 1 aliphatic heterocycles. The second kappa shape index (κ2) is 8.44. The molecule has 3 heterocycles. The fourth-order valence-electron chi connectivity index (χ4n) is 3.58. The Bertz CT molecular complexity index is 1010. The van der Waals surface area contributed by atoms with Gasteiger partial charge < -0.3 is 26.0 Å². The highest BCUT2D eigenvalue weighted by Gasteiger charge is 2.19. The summed E-state index contributed by atoms with van der Waals surface area (Å²) in [7, 11) is 1.61. The van der Waals surface area contributed by atoms with E-state index in [4.69, 9.17) is 32.0 Å². The second-order valence-corrected chi connectivity index (χ2v) is 7.47. The number of rotatable bonds is 6. The molecule has 0 aliphatic carbocycles. The van der Waals surface area contributed by atoms with E-state index in [1.54, 1.807) is 7.11 Å². The molecule has 1 aromatic carbocycles. The molecule has 4 rings (SSSR count). The van der Waals surface area contributed by atoms with Gasteiger partial charge in [-0.2, -0.15) is 4.98 Å². The van der Waals surface area contributed by atoms with Crippen LogP contribution in [0.4, 0.5) is 11.5 Å². The lowest BCUT2D eigenvalue weighted by Gasteiger charge is -2.30. The van der Waals surface area contributed by atoms with Gasteiger partial charge in [-0.05, 0) is 24.6 Å². The molecule has 8 nitrogen and oxygen atoms in total. The summed E-state index contributed by atoms with van der Waals surface area (Å²) in [6.45, 7) is 6.94. The van der Waals surface area contributed by atoms with Crippen LogP contribution in [0, 0.1) is 6.92 Å². The van der Waals surface area contributed by atoms with Crippen LogP contribution in [0.1, 0.15) is 5.56 Å². The van der Waals surface area contributed by atoms with Crippen molar-refractivity contribution in [1.29, 1.82) is 0 Å². The van der Waals surface area contributed by atoms with E-state index in [0.717, 1.165) is 54.5 Å². The fourth-order valence-corrected chi connectivity index (χ4v) is 3.82. The maximum atomic E-state index is 6.35. The molecule has 3 aromatic rings. The lowest BCUT2D eigenvalue weighted by molar-refractivity contribution is 0.415. The molecule has 0 radical (unpaired) electrons. The lowest BCUT2D eigenvalue weighted by atomic mass is 10.1. The molecule has 4 N–H and O–H groups in total. The first kappa shape index (κ1) is 19.8. The summed E-state index contributed by atoms with van der Waals surface area (Å²) in [5.41, 5.74) is 9.48. The van der Waals surface area contributed by atoms with Crippen molar-refractivity contribution in [2.75, 3.05) is 56.6 Å². The Balaban J connectivity index is 1.78. The van der Waals surface area contributed by atoms with Crippen LogP contribution in [0.5, 0.6) is 5.75 Å². The van der Waals surface area contributed by atoms with Crippen molar-refractivity contribution in [3.63, 3.8) is 0 Å². The number of halogens is 1. The molecule has 0 bridgehead atoms. The van der Waals surface area contributed by atoms with Gasteiger partial charge in [-0.1, -0.05) is 11.6 Å². The molecule has 0 spiro atoms. The number of methoxy groups -OCH3 is 1. The number of aromatic nitrogens is 3. The quantitative estimate of drug-likeness (QED) is 0.568. The summed E-state index contributed by atoms with van der Waals surface area (Å²) in [5.74, 6) is 2.22. The Kier molecular flexibility index (Phi) is 5.75. The SMILES string of the molecule is COc1cc(C)c(-c2cn3cc(NCCN)c(N4CCNCC4)nc3n2)cc1Cl. The van der Waals surface area contributed by atoms with E-state index in [1.807, 2.05) is 35.9 Å². The summed E-state index contributed by atoms with van der Waals surface area (Å²) in [4.78, 5) is 11.9. The number of aryl methyl sites for hydroxylation is 1. The Morgan fingerprint density at radius 3 is 2.76 bits per heavy atom. The number of nitrogens with two attached hydrogens (primary N) is 1. The molecule has 0 saturated carbocycles. The molecule has 1 fully saturated rings. The van der Waals surface area contributed by atoms with Crippen LogP contribution in [0.25, 0.3) is 17.0 Å². The summed E-state index contributed by atoms with van der Waals surface area (Å²) >= 11 is 6.35. The largest absolute Gasteiger partial charge is 0.495 e. The van der Waals surface area contributed by atoms with Crippen LogP contribution in [-0.2, 0) is 0 Å². The molecule has 154 valence electrons. The van der Waals surface area contributed by atoms with Crippen LogP contribution >= 0.6 is 11.6 Å². The van der Waals surface area contributed by atoms with E-state index < -0.39 is 0 Å². The summed E-state index contributed by atoms with van der Waals surface area (Å²) in [5, 5.41) is 7.34. The molecule has 0 amide bonds. The van der Waals surface area contributed by atoms with Crippen molar-refractivity contribution in [3.8, 4) is 17.0 Å². The van der Waals surface area contributed by atoms with Crippen molar-refractivity contribution in [2.24, 2.45) is 5.73 Å². The zero-order valence-corrected chi connectivity index (χ0v) is 17.5. The number of nitrogens with one attached hydrogen (secondary N) is 2. The Hall–Kier alpha value is -2.55. The van der Waals surface area contributed by atoms with Crippen molar-refractivity contribution in [3.05, 3.63) is 35.1 Å². The van der Waals surface area contributed by atoms with Crippen molar-refractivity contribution >= 4 is 28.9 Å². The predicted molar refractivity (Wildman–Crippen MR) is 117 cm³/mol. The van der Waals surface area contributed by atoms with Gasteiger partial charge in [-0.25, -0.2) is 4.98 Å². The molecule has 0 unspecified atom stereocenters. The Morgan fingerprint density at radius 2 is 2.03 bits per heavy atom. The highest BCUT2D eigenvalue weighted by molar-refractivity contribution is 6.32. The van der Waals surface area contributed by atoms with Gasteiger partial charge in [0.25, 0.3) is 0 Å². The molecule has 2 aromatic heterocycles. The molecule has 29 heavy (non-hydrogen) atoms. The number of hydrogen-bond acceptors (Lipinski definition) is 7. The van der Waals surface area contributed by atoms with Crippen molar-refractivity contribution < 1.29 is 4.74 Å². The number of imidazole rings is 1. The van der Waals surface area contributed by atoms with Gasteiger partial charge in [0.2, 0.25) is 5.78 Å². The monoisotopic (exact) mass is 415 g/mol. The first-order valence-electron chi connectivity index (χ1n) is 9.74. The normalized spacial score (nSPS) is 14.4. The number of hydrogen-bond donors (Lipinski definition) is 3. The maximum Gasteiger partial charge on any atom is 0.236 e. The van der Waals surface area contributed by atoms with Crippen LogP contribution in [0.15, 0.2) is 24.5 Å².